The summed E-state index contributed by atoms with van der Waals surface area (Å²) >= 11 is 0. The summed E-state index contributed by atoms with van der Waals surface area (Å²) in [5.74, 6) is 0. The topological polar surface area (TPSA) is 134 Å². The Labute approximate surface area is 92.7 Å². The van der Waals surface area contributed by atoms with E-state index in [2.05, 4.69) is 10.2 Å². The van der Waals surface area contributed by atoms with Crippen LogP contribution in [0.2, 0.25) is 0 Å². The van der Waals surface area contributed by atoms with Crippen LogP contribution in [0.25, 0.3) is 0 Å². The molecule has 3 atom stereocenters. The van der Waals surface area contributed by atoms with Crippen molar-refractivity contribution in [3.8, 4) is 0 Å². The molecule has 2 fully saturated rings. The van der Waals surface area contributed by atoms with Crippen molar-refractivity contribution in [2.24, 2.45) is 0 Å². The van der Waals surface area contributed by atoms with Gasteiger partial charge in [0.2, 0.25) is 0 Å². The Morgan fingerprint density at radius 2 is 2.19 bits per heavy atom. The fourth-order valence-corrected chi connectivity index (χ4v) is 1.86. The summed E-state index contributed by atoms with van der Waals surface area (Å²) in [6.45, 7) is 0.349. The van der Waals surface area contributed by atoms with Crippen molar-refractivity contribution in [3.63, 3.8) is 0 Å². The molecule has 2 aliphatic rings. The van der Waals surface area contributed by atoms with Crippen LogP contribution in [0.5, 0.6) is 0 Å². The fourth-order valence-electron chi connectivity index (χ4n) is 1.41. The van der Waals surface area contributed by atoms with Crippen molar-refractivity contribution in [1.29, 1.82) is 0 Å². The maximum Gasteiger partial charge on any atom is 0.569 e. The maximum absolute atomic E-state index is 9.10. The average Bonchev–Trinajstić information content (AvgIpc) is 2.77. The van der Waals surface area contributed by atoms with Gasteiger partial charge in [0.1, 0.15) is 24.9 Å². The van der Waals surface area contributed by atoms with Gasteiger partial charge < -0.3 is 10.9 Å². The highest BCUT2D eigenvalue weighted by atomic mass is 31.2. The average molecular weight is 259 g/mol. The molecule has 0 aliphatic carbocycles. The first kappa shape index (κ1) is 14.1. The third kappa shape index (κ3) is 3.05. The van der Waals surface area contributed by atoms with Crippen molar-refractivity contribution in [2.45, 2.75) is 18.3 Å². The van der Waals surface area contributed by atoms with E-state index in [1.54, 1.807) is 0 Å². The molecule has 96 valence electrons. The number of hydrogen-bond acceptors (Lipinski definition) is 9. The van der Waals surface area contributed by atoms with Gasteiger partial charge in [-0.2, -0.15) is 18.8 Å². The Balaban J connectivity index is 0.00000128. The van der Waals surface area contributed by atoms with Gasteiger partial charge in [-0.15, -0.1) is 0 Å². The Bertz CT molecular complexity index is 231. The van der Waals surface area contributed by atoms with E-state index in [9.17, 15) is 0 Å². The molecule has 10 heteroatoms. The number of hydrogen-bond donors (Lipinski definition) is 4. The van der Waals surface area contributed by atoms with Crippen molar-refractivity contribution in [2.75, 3.05) is 20.3 Å². The number of ether oxygens (including phenoxy) is 1. The van der Waals surface area contributed by atoms with Crippen molar-refractivity contribution in [1.82, 2.24) is 11.8 Å². The third-order valence-corrected chi connectivity index (χ3v) is 3.20. The van der Waals surface area contributed by atoms with Crippen LogP contribution < -0.4 is 11.8 Å². The molecular formula is C6H16N2O7P+. The van der Waals surface area contributed by atoms with Gasteiger partial charge in [0.15, 0.2) is 0 Å². The lowest BCUT2D eigenvalue weighted by Crippen LogP contribution is -2.31. The maximum atomic E-state index is 9.10. The van der Waals surface area contributed by atoms with Crippen LogP contribution in [-0.2, 0) is 23.5 Å². The van der Waals surface area contributed by atoms with Crippen LogP contribution in [-0.4, -0.2) is 48.4 Å². The lowest BCUT2D eigenvalue weighted by molar-refractivity contribution is -0.138. The van der Waals surface area contributed by atoms with Gasteiger partial charge >= 0.3 is 8.17 Å². The Kier molecular flexibility index (Phi) is 4.95. The van der Waals surface area contributed by atoms with Gasteiger partial charge in [-0.05, 0) is 0 Å². The summed E-state index contributed by atoms with van der Waals surface area (Å²) < 4.78 is 14.4. The minimum Gasteiger partial charge on any atom is -0.370 e. The van der Waals surface area contributed by atoms with Gasteiger partial charge in [0, 0.05) is 0 Å². The van der Waals surface area contributed by atoms with Crippen molar-refractivity contribution < 1.29 is 33.2 Å². The predicted molar refractivity (Wildman–Crippen MR) is 52.0 cm³/mol. The molecule has 6 N–H and O–H groups in total. The fraction of sp³-hybridized carbons (Fsp3) is 1.00. The molecule has 0 spiro atoms. The largest absolute Gasteiger partial charge is 0.569 e. The molecule has 16 heavy (non-hydrogen) atoms. The van der Waals surface area contributed by atoms with Gasteiger partial charge in [0.05, 0.1) is 13.7 Å². The van der Waals surface area contributed by atoms with Gasteiger partial charge in [-0.25, -0.2) is 0 Å². The standard InChI is InChI=1S/C6H13NO7P.H3N/c1-10-15(8,9)12-3-4-6-5(2-11-4)13-7-14-6;/h4-9H,2-3H2,1H3;1H3/q+1;. The molecule has 2 rings (SSSR count). The monoisotopic (exact) mass is 259 g/mol. The molecule has 0 amide bonds. The van der Waals surface area contributed by atoms with Crippen LogP contribution in [0.15, 0.2) is 0 Å². The first-order chi connectivity index (χ1) is 7.12. The van der Waals surface area contributed by atoms with E-state index in [-0.39, 0.29) is 25.0 Å². The predicted octanol–water partition coefficient (Wildman–Crippen LogP) is -0.924. The van der Waals surface area contributed by atoms with Crippen LogP contribution in [0, 0.1) is 0 Å². The van der Waals surface area contributed by atoms with E-state index >= 15 is 0 Å². The second-order valence-corrected chi connectivity index (χ2v) is 4.77. The van der Waals surface area contributed by atoms with Gasteiger partial charge in [0.25, 0.3) is 0 Å². The normalized spacial score (nSPS) is 33.6. The zero-order chi connectivity index (χ0) is 10.9. The van der Waals surface area contributed by atoms with Gasteiger partial charge in [-0.1, -0.05) is 5.64 Å². The zero-order valence-electron chi connectivity index (χ0n) is 8.74. The molecule has 0 bridgehead atoms. The second kappa shape index (κ2) is 5.61. The summed E-state index contributed by atoms with van der Waals surface area (Å²) in [6.07, 6.45) is -0.896. The molecule has 3 unspecified atom stereocenters. The van der Waals surface area contributed by atoms with E-state index in [4.69, 9.17) is 28.7 Å². The van der Waals surface area contributed by atoms with Crippen LogP contribution >= 0.6 is 8.17 Å². The molecule has 2 aliphatic heterocycles. The first-order valence-corrected chi connectivity index (χ1v) is 5.88. The highest BCUT2D eigenvalue weighted by molar-refractivity contribution is 7.54. The lowest BCUT2D eigenvalue weighted by Gasteiger charge is -2.14. The van der Waals surface area contributed by atoms with Crippen molar-refractivity contribution in [3.05, 3.63) is 0 Å². The quantitative estimate of drug-likeness (QED) is 0.472. The SMILES string of the molecule is CO[P+](O)(O)OCC1OCC2ONOC12.N. The van der Waals surface area contributed by atoms with E-state index in [1.807, 2.05) is 0 Å². The summed E-state index contributed by atoms with van der Waals surface area (Å²) in [6, 6.07) is 0. The summed E-state index contributed by atoms with van der Waals surface area (Å²) in [4.78, 5) is 28.2. The van der Waals surface area contributed by atoms with Crippen molar-refractivity contribution >= 4 is 8.17 Å². The number of rotatable bonds is 4. The Hall–Kier alpha value is 0.0700. The Morgan fingerprint density at radius 3 is 2.88 bits per heavy atom. The smallest absolute Gasteiger partial charge is 0.370 e. The minimum atomic E-state index is -3.71. The summed E-state index contributed by atoms with van der Waals surface area (Å²) in [5.41, 5.74) is 2.28. The van der Waals surface area contributed by atoms with Gasteiger partial charge in [-0.3, -0.25) is 9.68 Å². The minimum absolute atomic E-state index is 0. The third-order valence-electron chi connectivity index (χ3n) is 2.24. The van der Waals surface area contributed by atoms with E-state index in [0.29, 0.717) is 6.61 Å². The summed E-state index contributed by atoms with van der Waals surface area (Å²) in [7, 11) is -2.55. The number of nitrogens with one attached hydrogen (secondary N) is 1. The molecule has 0 aromatic rings. The molecule has 2 saturated heterocycles. The van der Waals surface area contributed by atoms with E-state index in [1.165, 1.54) is 0 Å². The van der Waals surface area contributed by atoms with E-state index < -0.39 is 14.3 Å². The summed E-state index contributed by atoms with van der Waals surface area (Å²) in [5, 5.41) is 0. The highest BCUT2D eigenvalue weighted by Gasteiger charge is 2.47. The Morgan fingerprint density at radius 1 is 1.44 bits per heavy atom. The number of fused-ring (bicyclic) bond motifs is 1. The van der Waals surface area contributed by atoms with Crippen LogP contribution in [0.3, 0.4) is 0 Å². The molecule has 0 aromatic carbocycles. The first-order valence-electron chi connectivity index (χ1n) is 4.35. The molecule has 9 nitrogen and oxygen atoms in total. The molecule has 0 aromatic heterocycles. The molecule has 0 saturated carbocycles. The van der Waals surface area contributed by atoms with Crippen LogP contribution in [0.1, 0.15) is 0 Å². The van der Waals surface area contributed by atoms with Crippen LogP contribution in [0.4, 0.5) is 0 Å². The molecular weight excluding hydrogens is 243 g/mol. The molecule has 0 radical (unpaired) electrons. The highest BCUT2D eigenvalue weighted by Crippen LogP contribution is 2.51. The lowest BCUT2D eigenvalue weighted by atomic mass is 10.2. The second-order valence-electron chi connectivity index (χ2n) is 3.16. The van der Waals surface area contributed by atoms with E-state index in [0.717, 1.165) is 7.11 Å². The molecule has 2 heterocycles. The zero-order valence-corrected chi connectivity index (χ0v) is 9.63.